The number of esters is 2. The molecular weight excluding hydrogens is 620 g/mol. The van der Waals surface area contributed by atoms with Crippen LogP contribution in [-0.4, -0.2) is 26.2 Å². The molecule has 1 aliphatic carbocycles. The molecule has 0 radical (unpaired) electrons. The van der Waals surface area contributed by atoms with Crippen molar-refractivity contribution in [2.45, 2.75) is 111 Å². The topological polar surface area (TPSA) is 61.8 Å². The van der Waals surface area contributed by atoms with Crippen molar-refractivity contribution in [3.63, 3.8) is 0 Å². The Labute approximate surface area is 302 Å². The van der Waals surface area contributed by atoms with Gasteiger partial charge in [-0.1, -0.05) is 131 Å². The number of para-hydroxylation sites is 1. The minimum Gasteiger partial charge on any atom is -0.489 e. The predicted molar refractivity (Wildman–Crippen MR) is 207 cm³/mol. The van der Waals surface area contributed by atoms with Gasteiger partial charge in [0.25, 0.3) is 0 Å². The van der Waals surface area contributed by atoms with Gasteiger partial charge in [0.1, 0.15) is 12.4 Å². The molecule has 1 unspecified atom stereocenters. The largest absolute Gasteiger partial charge is 0.489 e. The number of carbonyl (C=O) groups excluding carboxylic acids is 2. The van der Waals surface area contributed by atoms with Gasteiger partial charge in [-0.3, -0.25) is 4.79 Å². The van der Waals surface area contributed by atoms with Crippen molar-refractivity contribution in [3.05, 3.63) is 136 Å². The molecule has 5 nitrogen and oxygen atoms in total. The van der Waals surface area contributed by atoms with Gasteiger partial charge in [-0.2, -0.15) is 0 Å². The summed E-state index contributed by atoms with van der Waals surface area (Å²) in [6.45, 7) is 11.4. The monoisotopic (exact) mass is 680 g/mol. The van der Waals surface area contributed by atoms with E-state index < -0.39 is 0 Å². The SMILES string of the molecule is CCCCCC(=O)OC.CCCc1ccccc1OCc1ccc(CC)cc1.COC(=O)c1ccc2c(c1)CCCC2C.Cc1ccccc1. The highest BCUT2D eigenvalue weighted by Crippen LogP contribution is 2.31. The fourth-order valence-corrected chi connectivity index (χ4v) is 5.61. The maximum Gasteiger partial charge on any atom is 0.337 e. The van der Waals surface area contributed by atoms with Crippen molar-refractivity contribution >= 4 is 11.9 Å². The summed E-state index contributed by atoms with van der Waals surface area (Å²) >= 11 is 0. The van der Waals surface area contributed by atoms with Gasteiger partial charge in [-0.15, -0.1) is 0 Å². The molecule has 4 aromatic carbocycles. The highest BCUT2D eigenvalue weighted by Gasteiger charge is 2.18. The number of aryl methyl sites for hydroxylation is 4. The van der Waals surface area contributed by atoms with Crippen molar-refractivity contribution in [1.29, 1.82) is 0 Å². The smallest absolute Gasteiger partial charge is 0.337 e. The van der Waals surface area contributed by atoms with E-state index >= 15 is 0 Å². The predicted octanol–water partition coefficient (Wildman–Crippen LogP) is 11.4. The zero-order chi connectivity index (χ0) is 36.6. The quantitative estimate of drug-likeness (QED) is 0.117. The maximum absolute atomic E-state index is 11.4. The first-order valence-electron chi connectivity index (χ1n) is 18.3. The number of carbonyl (C=O) groups is 2. The average molecular weight is 681 g/mol. The van der Waals surface area contributed by atoms with Crippen LogP contribution in [0.25, 0.3) is 0 Å². The third-order valence-electron chi connectivity index (χ3n) is 8.65. The van der Waals surface area contributed by atoms with Crippen LogP contribution in [0.2, 0.25) is 0 Å². The zero-order valence-corrected chi connectivity index (χ0v) is 31.6. The van der Waals surface area contributed by atoms with Crippen molar-refractivity contribution in [2.75, 3.05) is 14.2 Å². The molecule has 270 valence electrons. The van der Waals surface area contributed by atoms with Gasteiger partial charge in [-0.05, 0) is 97.4 Å². The molecule has 0 N–H and O–H groups in total. The molecule has 4 aromatic rings. The Morgan fingerprint density at radius 3 is 2.04 bits per heavy atom. The minimum atomic E-state index is -0.240. The molecule has 5 rings (SSSR count). The van der Waals surface area contributed by atoms with E-state index in [1.165, 1.54) is 60.4 Å². The normalized spacial score (nSPS) is 12.7. The molecule has 1 aliphatic rings. The second-order valence-corrected chi connectivity index (χ2v) is 12.7. The summed E-state index contributed by atoms with van der Waals surface area (Å²) in [5.41, 5.74) is 8.60. The van der Waals surface area contributed by atoms with Crippen LogP contribution in [0.15, 0.2) is 97.1 Å². The van der Waals surface area contributed by atoms with Gasteiger partial charge < -0.3 is 14.2 Å². The molecule has 5 heteroatoms. The number of hydrogen-bond acceptors (Lipinski definition) is 5. The molecule has 0 saturated heterocycles. The second kappa shape index (κ2) is 24.7. The van der Waals surface area contributed by atoms with Crippen molar-refractivity contribution in [3.8, 4) is 5.75 Å². The Hall–Kier alpha value is -4.38. The van der Waals surface area contributed by atoms with Crippen LogP contribution in [-0.2, 0) is 40.1 Å². The van der Waals surface area contributed by atoms with Gasteiger partial charge >= 0.3 is 11.9 Å². The third-order valence-corrected chi connectivity index (χ3v) is 8.65. The zero-order valence-electron chi connectivity index (χ0n) is 31.6. The Morgan fingerprint density at radius 1 is 0.760 bits per heavy atom. The first-order chi connectivity index (χ1) is 24.3. The van der Waals surface area contributed by atoms with E-state index in [0.29, 0.717) is 24.5 Å². The molecule has 0 fully saturated rings. The van der Waals surface area contributed by atoms with Crippen LogP contribution in [0.3, 0.4) is 0 Å². The molecular formula is C45H60O5. The number of ether oxygens (including phenoxy) is 3. The number of rotatable bonds is 11. The average Bonchev–Trinajstić information content (AvgIpc) is 3.15. The lowest BCUT2D eigenvalue weighted by molar-refractivity contribution is -0.140. The van der Waals surface area contributed by atoms with Gasteiger partial charge in [0.05, 0.1) is 19.8 Å². The molecule has 0 saturated carbocycles. The van der Waals surface area contributed by atoms with Crippen LogP contribution in [0, 0.1) is 6.92 Å². The summed E-state index contributed by atoms with van der Waals surface area (Å²) in [6, 6.07) is 33.2. The second-order valence-electron chi connectivity index (χ2n) is 12.7. The molecule has 0 heterocycles. The number of methoxy groups -OCH3 is 2. The van der Waals surface area contributed by atoms with E-state index in [4.69, 9.17) is 9.47 Å². The lowest BCUT2D eigenvalue weighted by Gasteiger charge is -2.22. The van der Waals surface area contributed by atoms with Gasteiger partial charge in [0.2, 0.25) is 0 Å². The van der Waals surface area contributed by atoms with E-state index in [0.717, 1.165) is 50.7 Å². The van der Waals surface area contributed by atoms with E-state index in [1.54, 1.807) is 0 Å². The summed E-state index contributed by atoms with van der Waals surface area (Å²) in [4.78, 5) is 21.8. The summed E-state index contributed by atoms with van der Waals surface area (Å²) in [7, 11) is 2.85. The first kappa shape index (κ1) is 41.8. The summed E-state index contributed by atoms with van der Waals surface area (Å²) in [5, 5.41) is 0. The van der Waals surface area contributed by atoms with E-state index in [-0.39, 0.29) is 11.9 Å². The number of unbranched alkanes of at least 4 members (excludes halogenated alkanes) is 2. The fraction of sp³-hybridized carbons (Fsp3) is 0.422. The van der Waals surface area contributed by atoms with Crippen molar-refractivity contribution < 1.29 is 23.8 Å². The molecule has 50 heavy (non-hydrogen) atoms. The van der Waals surface area contributed by atoms with Crippen LogP contribution in [0.5, 0.6) is 5.75 Å². The molecule has 0 aromatic heterocycles. The Morgan fingerprint density at radius 2 is 1.44 bits per heavy atom. The Bertz CT molecular complexity index is 1510. The minimum absolute atomic E-state index is 0.0940. The Balaban J connectivity index is 0.000000248. The van der Waals surface area contributed by atoms with Crippen molar-refractivity contribution in [2.24, 2.45) is 0 Å². The first-order valence-corrected chi connectivity index (χ1v) is 18.3. The molecule has 1 atom stereocenters. The van der Waals surface area contributed by atoms with Crippen LogP contribution in [0.4, 0.5) is 0 Å². The molecule has 0 amide bonds. The van der Waals surface area contributed by atoms with Gasteiger partial charge in [-0.25, -0.2) is 4.79 Å². The van der Waals surface area contributed by atoms with Gasteiger partial charge in [0, 0.05) is 6.42 Å². The maximum atomic E-state index is 11.4. The fourth-order valence-electron chi connectivity index (χ4n) is 5.61. The summed E-state index contributed by atoms with van der Waals surface area (Å²) in [5.74, 6) is 1.31. The Kier molecular flexibility index (Phi) is 20.6. The number of fused-ring (bicyclic) bond motifs is 1. The van der Waals surface area contributed by atoms with E-state index in [1.807, 2.05) is 36.4 Å². The van der Waals surface area contributed by atoms with Crippen LogP contribution < -0.4 is 4.74 Å². The standard InChI is InChI=1S/C18H22O.C13H16O2.C7H14O2.C7H8/c1-3-7-17-8-5-6-9-18(17)19-14-16-12-10-15(4-2)11-13-16;1-9-4-3-5-10-8-11(13(14)15-2)6-7-12(9)10;1-3-4-5-6-7(8)9-2;1-7-5-3-2-4-6-7/h5-6,8-13H,3-4,7,14H2,1-2H3;6-9H,3-5H2,1-2H3;3-6H2,1-2H3;2-6H,1H3. The lowest BCUT2D eigenvalue weighted by Crippen LogP contribution is -2.09. The summed E-state index contributed by atoms with van der Waals surface area (Å²) < 4.78 is 15.1. The number of hydrogen-bond donors (Lipinski definition) is 0. The molecule has 0 spiro atoms. The van der Waals surface area contributed by atoms with Crippen LogP contribution in [0.1, 0.15) is 122 Å². The highest BCUT2D eigenvalue weighted by molar-refractivity contribution is 5.89. The highest BCUT2D eigenvalue weighted by atomic mass is 16.5. The third kappa shape index (κ3) is 15.9. The van der Waals surface area contributed by atoms with Gasteiger partial charge in [0.15, 0.2) is 0 Å². The van der Waals surface area contributed by atoms with E-state index in [2.05, 4.69) is 100 Å². The summed E-state index contributed by atoms with van der Waals surface area (Å²) in [6.07, 6.45) is 10.7. The van der Waals surface area contributed by atoms with E-state index in [9.17, 15) is 9.59 Å². The number of benzene rings is 4. The lowest BCUT2D eigenvalue weighted by atomic mass is 9.83. The molecule has 0 bridgehead atoms. The van der Waals surface area contributed by atoms with Crippen LogP contribution >= 0.6 is 0 Å². The van der Waals surface area contributed by atoms with Crippen molar-refractivity contribution in [1.82, 2.24) is 0 Å². The molecule has 0 aliphatic heterocycles.